The number of ether oxygens (including phenoxy) is 1. The SMILES string of the molecule is NC(=O)[C@@H]1Cc2ccccc2CN1S(=O)(=O)c1cccc(OC(F)(F)F)c1. The molecule has 0 spiro atoms. The van der Waals surface area contributed by atoms with Gasteiger partial charge in [-0.05, 0) is 29.7 Å². The molecule has 0 aliphatic carbocycles. The summed E-state index contributed by atoms with van der Waals surface area (Å²) in [7, 11) is -4.29. The summed E-state index contributed by atoms with van der Waals surface area (Å²) in [5.41, 5.74) is 6.87. The number of halogens is 3. The second kappa shape index (κ2) is 6.86. The summed E-state index contributed by atoms with van der Waals surface area (Å²) in [4.78, 5) is 11.4. The first kappa shape index (κ1) is 19.2. The maximum Gasteiger partial charge on any atom is 0.573 e. The lowest BCUT2D eigenvalue weighted by molar-refractivity contribution is -0.274. The highest BCUT2D eigenvalue weighted by molar-refractivity contribution is 7.89. The first-order valence-corrected chi connectivity index (χ1v) is 9.26. The fourth-order valence-electron chi connectivity index (χ4n) is 2.96. The van der Waals surface area contributed by atoms with Crippen molar-refractivity contribution < 1.29 is 31.1 Å². The van der Waals surface area contributed by atoms with Gasteiger partial charge in [0, 0.05) is 12.6 Å². The van der Waals surface area contributed by atoms with Crippen LogP contribution in [0.25, 0.3) is 0 Å². The van der Waals surface area contributed by atoms with E-state index in [4.69, 9.17) is 5.73 Å². The summed E-state index contributed by atoms with van der Waals surface area (Å²) in [6.07, 6.45) is -4.87. The molecule has 0 saturated carbocycles. The van der Waals surface area contributed by atoms with Crippen LogP contribution in [-0.2, 0) is 27.8 Å². The zero-order valence-electron chi connectivity index (χ0n) is 13.8. The van der Waals surface area contributed by atoms with Gasteiger partial charge in [-0.1, -0.05) is 30.3 Å². The zero-order chi connectivity index (χ0) is 19.8. The Balaban J connectivity index is 2.00. The van der Waals surface area contributed by atoms with Crippen molar-refractivity contribution in [2.45, 2.75) is 30.3 Å². The van der Waals surface area contributed by atoms with E-state index >= 15 is 0 Å². The van der Waals surface area contributed by atoms with Crippen LogP contribution < -0.4 is 10.5 Å². The van der Waals surface area contributed by atoms with Gasteiger partial charge < -0.3 is 10.5 Å². The Hall–Kier alpha value is -2.59. The molecule has 0 aromatic heterocycles. The predicted octanol–water partition coefficient (Wildman–Crippen LogP) is 2.19. The van der Waals surface area contributed by atoms with E-state index in [0.717, 1.165) is 34.1 Å². The largest absolute Gasteiger partial charge is 0.573 e. The molecule has 0 fully saturated rings. The van der Waals surface area contributed by atoms with Crippen molar-refractivity contribution in [1.29, 1.82) is 0 Å². The third-order valence-electron chi connectivity index (χ3n) is 4.18. The van der Waals surface area contributed by atoms with Crippen molar-refractivity contribution in [2.24, 2.45) is 5.73 Å². The minimum Gasteiger partial charge on any atom is -0.406 e. The summed E-state index contributed by atoms with van der Waals surface area (Å²) in [5.74, 6) is -1.51. The average Bonchev–Trinajstić information content (AvgIpc) is 2.59. The molecule has 2 aromatic rings. The van der Waals surface area contributed by atoms with E-state index in [-0.39, 0.29) is 13.0 Å². The van der Waals surface area contributed by atoms with Gasteiger partial charge in [0.1, 0.15) is 11.8 Å². The number of amides is 1. The Morgan fingerprint density at radius 3 is 2.41 bits per heavy atom. The monoisotopic (exact) mass is 400 g/mol. The maximum absolute atomic E-state index is 13.0. The summed E-state index contributed by atoms with van der Waals surface area (Å²) in [6, 6.07) is 9.86. The number of hydrogen-bond acceptors (Lipinski definition) is 4. The number of primary amides is 1. The minimum absolute atomic E-state index is 0.0868. The number of alkyl halides is 3. The number of fused-ring (bicyclic) bond motifs is 1. The standard InChI is InChI=1S/C17H15F3N2O4S/c18-17(19,20)26-13-6-3-7-14(9-13)27(24,25)22-10-12-5-2-1-4-11(12)8-15(22)16(21)23/h1-7,9,15H,8,10H2,(H2,21,23)/t15-/m0/s1. The van der Waals surface area contributed by atoms with Crippen LogP contribution in [0, 0.1) is 0 Å². The van der Waals surface area contributed by atoms with Crippen LogP contribution in [0.1, 0.15) is 11.1 Å². The molecule has 0 radical (unpaired) electrons. The highest BCUT2D eigenvalue weighted by atomic mass is 32.2. The van der Waals surface area contributed by atoms with Gasteiger partial charge in [-0.15, -0.1) is 13.2 Å². The minimum atomic E-state index is -4.96. The topological polar surface area (TPSA) is 89.7 Å². The molecule has 1 aliphatic rings. The third kappa shape index (κ3) is 4.06. The molecule has 1 aliphatic heterocycles. The number of benzene rings is 2. The van der Waals surface area contributed by atoms with Gasteiger partial charge in [0.15, 0.2) is 0 Å². The molecule has 3 rings (SSSR count). The number of nitrogens with zero attached hydrogens (tertiary/aromatic N) is 1. The fraction of sp³-hybridized carbons (Fsp3) is 0.235. The second-order valence-electron chi connectivity index (χ2n) is 5.96. The van der Waals surface area contributed by atoms with Crippen LogP contribution in [0.5, 0.6) is 5.75 Å². The lowest BCUT2D eigenvalue weighted by Crippen LogP contribution is -2.51. The number of carbonyl (C=O) groups excluding carboxylic acids is 1. The van der Waals surface area contributed by atoms with Crippen molar-refractivity contribution in [2.75, 3.05) is 0 Å². The van der Waals surface area contributed by atoms with Gasteiger partial charge in [-0.25, -0.2) is 8.42 Å². The molecule has 1 amide bonds. The lowest BCUT2D eigenvalue weighted by atomic mass is 9.96. The van der Waals surface area contributed by atoms with Gasteiger partial charge in [0.2, 0.25) is 15.9 Å². The van der Waals surface area contributed by atoms with Gasteiger partial charge in [0.25, 0.3) is 0 Å². The van der Waals surface area contributed by atoms with Gasteiger partial charge in [-0.2, -0.15) is 4.31 Å². The molecule has 0 bridgehead atoms. The van der Waals surface area contributed by atoms with Crippen LogP contribution in [0.15, 0.2) is 53.4 Å². The Kier molecular flexibility index (Phi) is 4.87. The molecule has 6 nitrogen and oxygen atoms in total. The molecule has 144 valence electrons. The maximum atomic E-state index is 13.0. The average molecular weight is 400 g/mol. The molecule has 0 saturated heterocycles. The summed E-state index contributed by atoms with van der Waals surface area (Å²) >= 11 is 0. The first-order valence-electron chi connectivity index (χ1n) is 7.82. The van der Waals surface area contributed by atoms with Crippen LogP contribution in [0.2, 0.25) is 0 Å². The molecular weight excluding hydrogens is 385 g/mol. The number of nitrogens with two attached hydrogens (primary N) is 1. The van der Waals surface area contributed by atoms with E-state index in [1.807, 2.05) is 0 Å². The zero-order valence-corrected chi connectivity index (χ0v) is 14.6. The fourth-order valence-corrected chi connectivity index (χ4v) is 4.57. The number of sulfonamides is 1. The van der Waals surface area contributed by atoms with E-state index in [1.54, 1.807) is 24.3 Å². The lowest BCUT2D eigenvalue weighted by Gasteiger charge is -2.34. The molecule has 0 unspecified atom stereocenters. The quantitative estimate of drug-likeness (QED) is 0.852. The van der Waals surface area contributed by atoms with Gasteiger partial charge >= 0.3 is 6.36 Å². The first-order chi connectivity index (χ1) is 12.6. The normalized spacial score (nSPS) is 18.0. The Morgan fingerprint density at radius 1 is 1.11 bits per heavy atom. The molecule has 1 atom stereocenters. The van der Waals surface area contributed by atoms with Crippen molar-refractivity contribution in [3.8, 4) is 5.75 Å². The highest BCUT2D eigenvalue weighted by Crippen LogP contribution is 2.31. The summed E-state index contributed by atoms with van der Waals surface area (Å²) in [6.45, 7) is -0.115. The predicted molar refractivity (Wildman–Crippen MR) is 89.0 cm³/mol. The van der Waals surface area contributed by atoms with E-state index in [0.29, 0.717) is 5.56 Å². The van der Waals surface area contributed by atoms with Crippen LogP contribution in [-0.4, -0.2) is 31.0 Å². The molecular formula is C17H15F3N2O4S. The molecule has 2 aromatic carbocycles. The Labute approximate surface area is 153 Å². The van der Waals surface area contributed by atoms with Crippen molar-refractivity contribution in [1.82, 2.24) is 4.31 Å². The second-order valence-corrected chi connectivity index (χ2v) is 7.85. The van der Waals surface area contributed by atoms with Crippen LogP contribution in [0.4, 0.5) is 13.2 Å². The molecule has 2 N–H and O–H groups in total. The molecule has 27 heavy (non-hydrogen) atoms. The van der Waals surface area contributed by atoms with Crippen LogP contribution >= 0.6 is 0 Å². The van der Waals surface area contributed by atoms with E-state index in [2.05, 4.69) is 4.74 Å². The Bertz CT molecular complexity index is 976. The number of rotatable bonds is 4. The van der Waals surface area contributed by atoms with Crippen molar-refractivity contribution in [3.05, 3.63) is 59.7 Å². The number of hydrogen-bond donors (Lipinski definition) is 1. The van der Waals surface area contributed by atoms with Crippen molar-refractivity contribution >= 4 is 15.9 Å². The molecule has 1 heterocycles. The Morgan fingerprint density at radius 2 is 1.78 bits per heavy atom. The summed E-state index contributed by atoms with van der Waals surface area (Å²) in [5, 5.41) is 0. The van der Waals surface area contributed by atoms with Crippen LogP contribution in [0.3, 0.4) is 0 Å². The van der Waals surface area contributed by atoms with E-state index in [1.165, 1.54) is 0 Å². The molecule has 10 heteroatoms. The highest BCUT2D eigenvalue weighted by Gasteiger charge is 2.39. The van der Waals surface area contributed by atoms with E-state index < -0.39 is 39.0 Å². The van der Waals surface area contributed by atoms with E-state index in [9.17, 15) is 26.4 Å². The van der Waals surface area contributed by atoms with Gasteiger partial charge in [-0.3, -0.25) is 4.79 Å². The smallest absolute Gasteiger partial charge is 0.406 e. The van der Waals surface area contributed by atoms with Gasteiger partial charge in [0.05, 0.1) is 4.90 Å². The summed E-state index contributed by atoms with van der Waals surface area (Å²) < 4.78 is 68.0. The third-order valence-corrected chi connectivity index (χ3v) is 6.03. The van der Waals surface area contributed by atoms with Crippen molar-refractivity contribution in [3.63, 3.8) is 0 Å². The number of carbonyl (C=O) groups is 1.